The second kappa shape index (κ2) is 9.04. The Morgan fingerprint density at radius 3 is 2.85 bits per heavy atom. The van der Waals surface area contributed by atoms with Crippen LogP contribution < -0.4 is 10.1 Å². The van der Waals surface area contributed by atoms with E-state index in [2.05, 4.69) is 32.3 Å². The zero-order valence-corrected chi connectivity index (χ0v) is 18.5. The van der Waals surface area contributed by atoms with Gasteiger partial charge in [0.2, 0.25) is 0 Å². The Morgan fingerprint density at radius 2 is 2.12 bits per heavy atom. The minimum Gasteiger partial charge on any atom is -0.497 e. The third-order valence-electron chi connectivity index (χ3n) is 5.30. The van der Waals surface area contributed by atoms with Gasteiger partial charge in [0.25, 0.3) is 5.91 Å². The average Bonchev–Trinajstić information content (AvgIpc) is 3.46. The first-order chi connectivity index (χ1) is 15.9. The van der Waals surface area contributed by atoms with Gasteiger partial charge in [-0.2, -0.15) is 5.10 Å². The number of aromatic amines is 1. The minimum atomic E-state index is -1.07. The number of carbonyl (C=O) groups excluding carboxylic acids is 2. The number of carbonyl (C=O) groups is 2. The van der Waals surface area contributed by atoms with Crippen molar-refractivity contribution in [2.75, 3.05) is 20.8 Å². The number of amides is 2. The third-order valence-corrected chi connectivity index (χ3v) is 5.30. The van der Waals surface area contributed by atoms with Crippen molar-refractivity contribution in [1.82, 2.24) is 25.4 Å². The summed E-state index contributed by atoms with van der Waals surface area (Å²) in [5.74, 6) is 6.64. The van der Waals surface area contributed by atoms with Gasteiger partial charge in [0.1, 0.15) is 11.3 Å². The van der Waals surface area contributed by atoms with Gasteiger partial charge in [0.15, 0.2) is 0 Å². The van der Waals surface area contributed by atoms with E-state index < -0.39 is 11.6 Å². The summed E-state index contributed by atoms with van der Waals surface area (Å²) in [6, 6.07) is 9.12. The molecule has 1 aliphatic heterocycles. The van der Waals surface area contributed by atoms with Crippen LogP contribution in [-0.4, -0.2) is 58.4 Å². The standard InChI is InChI=1S/C24H23N5O4/c1-24(27-23(31)33-3,8-6-16-10-18(13-25-12-16)21-7-9-26-28-21)15-29-14-17-4-5-19(32-2)11-20(17)22(29)30/h4-5,7,9-13H,14-15H2,1-3H3,(H,26,28)(H,27,31). The number of nitrogens with one attached hydrogen (secondary N) is 2. The van der Waals surface area contributed by atoms with Gasteiger partial charge >= 0.3 is 6.09 Å². The molecular formula is C24H23N5O4. The van der Waals surface area contributed by atoms with Crippen molar-refractivity contribution >= 4 is 12.0 Å². The zero-order valence-electron chi connectivity index (χ0n) is 18.5. The Bertz CT molecular complexity index is 1250. The first kappa shape index (κ1) is 21.9. The normalized spacial score (nSPS) is 14.0. The van der Waals surface area contributed by atoms with Gasteiger partial charge in [0.05, 0.1) is 26.5 Å². The van der Waals surface area contributed by atoms with Crippen LogP contribution in [0.2, 0.25) is 0 Å². The summed E-state index contributed by atoms with van der Waals surface area (Å²) in [4.78, 5) is 31.0. The van der Waals surface area contributed by atoms with Crippen molar-refractivity contribution in [3.63, 3.8) is 0 Å². The lowest BCUT2D eigenvalue weighted by Crippen LogP contribution is -2.52. The fraction of sp³-hybridized carbons (Fsp3) is 0.250. The van der Waals surface area contributed by atoms with E-state index >= 15 is 0 Å². The number of methoxy groups -OCH3 is 2. The van der Waals surface area contributed by atoms with Gasteiger partial charge in [0, 0.05) is 41.8 Å². The fourth-order valence-electron chi connectivity index (χ4n) is 3.65. The predicted octanol–water partition coefficient (Wildman–Crippen LogP) is 2.60. The maximum Gasteiger partial charge on any atom is 0.408 e. The molecule has 0 radical (unpaired) electrons. The first-order valence-corrected chi connectivity index (χ1v) is 10.2. The van der Waals surface area contributed by atoms with Crippen molar-refractivity contribution < 1.29 is 19.1 Å². The molecule has 0 aliphatic carbocycles. The van der Waals surface area contributed by atoms with E-state index in [1.54, 1.807) is 43.6 Å². The van der Waals surface area contributed by atoms with Gasteiger partial charge in [-0.1, -0.05) is 17.9 Å². The molecule has 33 heavy (non-hydrogen) atoms. The van der Waals surface area contributed by atoms with Crippen LogP contribution in [0.15, 0.2) is 48.9 Å². The molecule has 2 amide bonds. The van der Waals surface area contributed by atoms with Gasteiger partial charge in [-0.05, 0) is 36.8 Å². The van der Waals surface area contributed by atoms with Crippen LogP contribution in [0.25, 0.3) is 11.3 Å². The molecule has 1 aromatic carbocycles. The van der Waals surface area contributed by atoms with Crippen LogP contribution >= 0.6 is 0 Å². The molecule has 0 saturated carbocycles. The fourth-order valence-corrected chi connectivity index (χ4v) is 3.65. The second-order valence-electron chi connectivity index (χ2n) is 7.82. The minimum absolute atomic E-state index is 0.147. The molecule has 9 heteroatoms. The molecule has 4 rings (SSSR count). The highest BCUT2D eigenvalue weighted by atomic mass is 16.5. The number of hydrogen-bond donors (Lipinski definition) is 2. The molecule has 1 aliphatic rings. The number of hydrogen-bond acceptors (Lipinski definition) is 6. The topological polar surface area (TPSA) is 109 Å². The molecule has 3 heterocycles. The van der Waals surface area contributed by atoms with Gasteiger partial charge in [-0.15, -0.1) is 0 Å². The number of pyridine rings is 1. The zero-order chi connectivity index (χ0) is 23.4. The largest absolute Gasteiger partial charge is 0.497 e. The monoisotopic (exact) mass is 445 g/mol. The number of rotatable bonds is 5. The smallest absolute Gasteiger partial charge is 0.408 e. The predicted molar refractivity (Wildman–Crippen MR) is 120 cm³/mol. The van der Waals surface area contributed by atoms with Crippen LogP contribution in [-0.2, 0) is 11.3 Å². The Kier molecular flexibility index (Phi) is 6.00. The molecule has 0 saturated heterocycles. The van der Waals surface area contributed by atoms with Crippen LogP contribution in [0.5, 0.6) is 5.75 Å². The highest BCUT2D eigenvalue weighted by molar-refractivity contribution is 5.98. The maximum atomic E-state index is 13.0. The van der Waals surface area contributed by atoms with Crippen LogP contribution in [0.4, 0.5) is 4.79 Å². The summed E-state index contributed by atoms with van der Waals surface area (Å²) in [6.45, 7) is 2.33. The number of nitrogens with zero attached hydrogens (tertiary/aromatic N) is 3. The number of ether oxygens (including phenoxy) is 2. The van der Waals surface area contributed by atoms with E-state index in [4.69, 9.17) is 9.47 Å². The highest BCUT2D eigenvalue weighted by Gasteiger charge is 2.35. The van der Waals surface area contributed by atoms with E-state index in [9.17, 15) is 9.59 Å². The number of H-pyrrole nitrogens is 1. The van der Waals surface area contributed by atoms with Gasteiger partial charge in [-0.3, -0.25) is 14.9 Å². The Hall–Kier alpha value is -4.32. The second-order valence-corrected chi connectivity index (χ2v) is 7.82. The number of alkyl carbamates (subject to hydrolysis) is 1. The third kappa shape index (κ3) is 4.80. The molecule has 9 nitrogen and oxygen atoms in total. The van der Waals surface area contributed by atoms with Crippen LogP contribution in [0, 0.1) is 11.8 Å². The molecule has 3 aromatic rings. The van der Waals surface area contributed by atoms with Crippen LogP contribution in [0.1, 0.15) is 28.4 Å². The molecule has 0 bridgehead atoms. The van der Waals surface area contributed by atoms with Crippen molar-refractivity contribution in [3.8, 4) is 28.8 Å². The molecule has 168 valence electrons. The molecule has 0 spiro atoms. The van der Waals surface area contributed by atoms with E-state index in [1.165, 1.54) is 7.11 Å². The number of fused-ring (bicyclic) bond motifs is 1. The maximum absolute atomic E-state index is 13.0. The van der Waals surface area contributed by atoms with E-state index in [0.29, 0.717) is 23.4 Å². The molecule has 1 unspecified atom stereocenters. The molecule has 1 atom stereocenters. The summed E-state index contributed by atoms with van der Waals surface area (Å²) in [7, 11) is 2.84. The lowest BCUT2D eigenvalue weighted by molar-refractivity contribution is 0.0743. The summed E-state index contributed by atoms with van der Waals surface area (Å²) in [5.41, 5.74) is 2.71. The summed E-state index contributed by atoms with van der Waals surface area (Å²) < 4.78 is 10.0. The molecular weight excluding hydrogens is 422 g/mol. The van der Waals surface area contributed by atoms with Gasteiger partial charge < -0.3 is 19.7 Å². The molecule has 2 N–H and O–H groups in total. The quantitative estimate of drug-likeness (QED) is 0.585. The Labute approximate surface area is 191 Å². The highest BCUT2D eigenvalue weighted by Crippen LogP contribution is 2.28. The lowest BCUT2D eigenvalue weighted by Gasteiger charge is -2.29. The average molecular weight is 445 g/mol. The van der Waals surface area contributed by atoms with E-state index in [0.717, 1.165) is 16.8 Å². The van der Waals surface area contributed by atoms with Crippen molar-refractivity contribution in [2.45, 2.75) is 19.0 Å². The van der Waals surface area contributed by atoms with Gasteiger partial charge in [-0.25, -0.2) is 4.79 Å². The van der Waals surface area contributed by atoms with Crippen molar-refractivity contribution in [2.24, 2.45) is 0 Å². The Morgan fingerprint density at radius 1 is 1.27 bits per heavy atom. The van der Waals surface area contributed by atoms with Crippen molar-refractivity contribution in [1.29, 1.82) is 0 Å². The van der Waals surface area contributed by atoms with E-state index in [1.807, 2.05) is 24.3 Å². The SMILES string of the molecule is COC(=O)NC(C)(C#Cc1cncc(-c2ccn[nH]2)c1)CN1Cc2ccc(OC)cc2C1=O. The summed E-state index contributed by atoms with van der Waals surface area (Å²) in [6.07, 6.45) is 4.36. The van der Waals surface area contributed by atoms with Crippen LogP contribution in [0.3, 0.4) is 0 Å². The first-order valence-electron chi connectivity index (χ1n) is 10.2. The number of aromatic nitrogens is 3. The molecule has 0 fully saturated rings. The summed E-state index contributed by atoms with van der Waals surface area (Å²) >= 11 is 0. The molecule has 2 aromatic heterocycles. The Balaban J connectivity index is 1.60. The summed E-state index contributed by atoms with van der Waals surface area (Å²) in [5, 5.41) is 9.61. The lowest BCUT2D eigenvalue weighted by atomic mass is 10.0. The van der Waals surface area contributed by atoms with Crippen molar-refractivity contribution in [3.05, 3.63) is 65.6 Å². The number of benzene rings is 1. The van der Waals surface area contributed by atoms with E-state index in [-0.39, 0.29) is 12.5 Å².